The van der Waals surface area contributed by atoms with Gasteiger partial charge < -0.3 is 5.32 Å². The Morgan fingerprint density at radius 2 is 1.83 bits per heavy atom. The molecule has 1 saturated heterocycles. The predicted molar refractivity (Wildman–Crippen MR) is 78.9 cm³/mol. The van der Waals surface area contributed by atoms with Gasteiger partial charge in [0, 0.05) is 18.6 Å². The molecule has 0 spiro atoms. The number of likely N-dealkylation sites (tertiary alicyclic amines) is 1. The van der Waals surface area contributed by atoms with Gasteiger partial charge in [0.05, 0.1) is 0 Å². The Morgan fingerprint density at radius 3 is 2.56 bits per heavy atom. The lowest BCUT2D eigenvalue weighted by atomic mass is 9.93. The molecule has 1 N–H and O–H groups in total. The summed E-state index contributed by atoms with van der Waals surface area (Å²) in [5, 5.41) is 3.59. The van der Waals surface area contributed by atoms with Crippen molar-refractivity contribution in [3.8, 4) is 0 Å². The van der Waals surface area contributed by atoms with Gasteiger partial charge in [-0.15, -0.1) is 0 Å². The van der Waals surface area contributed by atoms with Gasteiger partial charge in [-0.2, -0.15) is 0 Å². The molecule has 2 rings (SSSR count). The second-order valence-electron chi connectivity index (χ2n) is 6.74. The highest BCUT2D eigenvalue weighted by Gasteiger charge is 2.31. The Kier molecular flexibility index (Phi) is 5.50. The average Bonchev–Trinajstić information content (AvgIpc) is 2.69. The third-order valence-corrected chi connectivity index (χ3v) is 5.18. The molecule has 18 heavy (non-hydrogen) atoms. The third kappa shape index (κ3) is 3.48. The fourth-order valence-corrected chi connectivity index (χ4v) is 4.12. The van der Waals surface area contributed by atoms with Crippen molar-refractivity contribution in [3.63, 3.8) is 0 Å². The molecule has 0 amide bonds. The zero-order chi connectivity index (χ0) is 13.0. The van der Waals surface area contributed by atoms with E-state index in [9.17, 15) is 0 Å². The molecule has 1 aliphatic carbocycles. The van der Waals surface area contributed by atoms with Crippen molar-refractivity contribution in [2.45, 2.75) is 70.9 Å². The van der Waals surface area contributed by atoms with Crippen molar-refractivity contribution < 1.29 is 0 Å². The van der Waals surface area contributed by atoms with Gasteiger partial charge in [-0.25, -0.2) is 0 Å². The molecule has 0 bridgehead atoms. The summed E-state index contributed by atoms with van der Waals surface area (Å²) in [4.78, 5) is 2.80. The second-order valence-corrected chi connectivity index (χ2v) is 6.74. The van der Waals surface area contributed by atoms with E-state index in [-0.39, 0.29) is 0 Å². The lowest BCUT2D eigenvalue weighted by Crippen LogP contribution is -2.43. The van der Waals surface area contributed by atoms with E-state index in [0.29, 0.717) is 0 Å². The SMILES string of the molecule is CNC1CCCCCC1CN1CCCC1C(C)C. The minimum absolute atomic E-state index is 0.765. The summed E-state index contributed by atoms with van der Waals surface area (Å²) in [7, 11) is 2.16. The van der Waals surface area contributed by atoms with Gasteiger partial charge in [0.2, 0.25) is 0 Å². The molecule has 106 valence electrons. The van der Waals surface area contributed by atoms with Gasteiger partial charge in [0.1, 0.15) is 0 Å². The predicted octanol–water partition coefficient (Wildman–Crippen LogP) is 3.28. The van der Waals surface area contributed by atoms with Crippen molar-refractivity contribution in [2.24, 2.45) is 11.8 Å². The van der Waals surface area contributed by atoms with Crippen molar-refractivity contribution in [1.29, 1.82) is 0 Å². The van der Waals surface area contributed by atoms with E-state index in [1.165, 1.54) is 58.0 Å². The summed E-state index contributed by atoms with van der Waals surface area (Å²) >= 11 is 0. The summed E-state index contributed by atoms with van der Waals surface area (Å²) in [5.74, 6) is 1.71. The zero-order valence-corrected chi connectivity index (χ0v) is 12.6. The van der Waals surface area contributed by atoms with Crippen LogP contribution in [-0.2, 0) is 0 Å². The summed E-state index contributed by atoms with van der Waals surface area (Å²) in [6, 6.07) is 1.62. The zero-order valence-electron chi connectivity index (χ0n) is 12.6. The summed E-state index contributed by atoms with van der Waals surface area (Å²) in [6.07, 6.45) is 9.99. The van der Waals surface area contributed by atoms with Crippen LogP contribution in [-0.4, -0.2) is 37.1 Å². The molecule has 0 aromatic heterocycles. The van der Waals surface area contributed by atoms with Crippen LogP contribution in [0.1, 0.15) is 58.8 Å². The topological polar surface area (TPSA) is 15.3 Å². The smallest absolute Gasteiger partial charge is 0.0119 e. The molecule has 0 radical (unpaired) electrons. The first-order chi connectivity index (χ1) is 8.72. The van der Waals surface area contributed by atoms with Crippen LogP contribution in [0.15, 0.2) is 0 Å². The standard InChI is InChI=1S/C16H32N2/c1-13(2)16-10-7-11-18(16)12-14-8-5-4-6-9-15(14)17-3/h13-17H,4-12H2,1-3H3. The van der Waals surface area contributed by atoms with E-state index in [0.717, 1.165) is 23.9 Å². The normalized spacial score (nSPS) is 35.0. The van der Waals surface area contributed by atoms with Crippen LogP contribution >= 0.6 is 0 Å². The molecule has 3 atom stereocenters. The first-order valence-corrected chi connectivity index (χ1v) is 8.13. The highest BCUT2D eigenvalue weighted by Crippen LogP contribution is 2.29. The number of rotatable bonds is 4. The van der Waals surface area contributed by atoms with Crippen LogP contribution in [0.3, 0.4) is 0 Å². The first kappa shape index (κ1) is 14.3. The van der Waals surface area contributed by atoms with Crippen LogP contribution in [0, 0.1) is 11.8 Å². The van der Waals surface area contributed by atoms with Gasteiger partial charge in [0.25, 0.3) is 0 Å². The lowest BCUT2D eigenvalue weighted by molar-refractivity contribution is 0.156. The number of nitrogens with zero attached hydrogens (tertiary/aromatic N) is 1. The van der Waals surface area contributed by atoms with E-state index in [2.05, 4.69) is 31.1 Å². The Morgan fingerprint density at radius 1 is 1.06 bits per heavy atom. The van der Waals surface area contributed by atoms with Gasteiger partial charge in [-0.3, -0.25) is 4.90 Å². The largest absolute Gasteiger partial charge is 0.317 e. The molecule has 0 aromatic rings. The van der Waals surface area contributed by atoms with Crippen molar-refractivity contribution in [1.82, 2.24) is 10.2 Å². The maximum atomic E-state index is 3.59. The molecular weight excluding hydrogens is 220 g/mol. The Bertz CT molecular complexity index is 239. The number of nitrogens with one attached hydrogen (secondary N) is 1. The third-order valence-electron chi connectivity index (χ3n) is 5.18. The molecule has 2 nitrogen and oxygen atoms in total. The highest BCUT2D eigenvalue weighted by atomic mass is 15.2. The van der Waals surface area contributed by atoms with Crippen LogP contribution < -0.4 is 5.32 Å². The molecule has 2 aliphatic rings. The number of hydrogen-bond donors (Lipinski definition) is 1. The van der Waals surface area contributed by atoms with E-state index < -0.39 is 0 Å². The highest BCUT2D eigenvalue weighted by molar-refractivity contribution is 4.87. The van der Waals surface area contributed by atoms with Crippen molar-refractivity contribution >= 4 is 0 Å². The summed E-state index contributed by atoms with van der Waals surface area (Å²) in [6.45, 7) is 7.47. The van der Waals surface area contributed by atoms with E-state index in [1.807, 2.05) is 0 Å². The molecule has 1 saturated carbocycles. The molecule has 1 heterocycles. The average molecular weight is 252 g/mol. The van der Waals surface area contributed by atoms with E-state index in [1.54, 1.807) is 0 Å². The fourth-order valence-electron chi connectivity index (χ4n) is 4.12. The lowest BCUT2D eigenvalue weighted by Gasteiger charge is -2.34. The first-order valence-electron chi connectivity index (χ1n) is 8.13. The maximum Gasteiger partial charge on any atom is 0.0119 e. The quantitative estimate of drug-likeness (QED) is 0.773. The van der Waals surface area contributed by atoms with Crippen LogP contribution in [0.25, 0.3) is 0 Å². The molecule has 2 heteroatoms. The van der Waals surface area contributed by atoms with Crippen LogP contribution in [0.5, 0.6) is 0 Å². The number of hydrogen-bond acceptors (Lipinski definition) is 2. The van der Waals surface area contributed by atoms with Gasteiger partial charge in [0.15, 0.2) is 0 Å². The summed E-state index contributed by atoms with van der Waals surface area (Å²) < 4.78 is 0. The minimum Gasteiger partial charge on any atom is -0.317 e. The van der Waals surface area contributed by atoms with Crippen LogP contribution in [0.4, 0.5) is 0 Å². The summed E-state index contributed by atoms with van der Waals surface area (Å²) in [5.41, 5.74) is 0. The molecule has 0 aromatic carbocycles. The molecular formula is C16H32N2. The molecule has 2 fully saturated rings. The Hall–Kier alpha value is -0.0800. The monoisotopic (exact) mass is 252 g/mol. The fraction of sp³-hybridized carbons (Fsp3) is 1.00. The van der Waals surface area contributed by atoms with Crippen molar-refractivity contribution in [2.75, 3.05) is 20.1 Å². The Labute approximate surface area is 114 Å². The Balaban J connectivity index is 1.93. The van der Waals surface area contributed by atoms with Crippen LogP contribution in [0.2, 0.25) is 0 Å². The van der Waals surface area contributed by atoms with Gasteiger partial charge in [-0.1, -0.05) is 33.1 Å². The van der Waals surface area contributed by atoms with Gasteiger partial charge >= 0.3 is 0 Å². The molecule has 3 unspecified atom stereocenters. The molecule has 1 aliphatic heterocycles. The second kappa shape index (κ2) is 6.91. The van der Waals surface area contributed by atoms with E-state index >= 15 is 0 Å². The minimum atomic E-state index is 0.765. The van der Waals surface area contributed by atoms with E-state index in [4.69, 9.17) is 0 Å². The van der Waals surface area contributed by atoms with Gasteiger partial charge in [-0.05, 0) is 51.1 Å². The maximum absolute atomic E-state index is 3.59. The van der Waals surface area contributed by atoms with Crippen molar-refractivity contribution in [3.05, 3.63) is 0 Å².